The van der Waals surface area contributed by atoms with Crippen LogP contribution in [0.1, 0.15) is 73.8 Å². The van der Waals surface area contributed by atoms with Gasteiger partial charge in [-0.2, -0.15) is 0 Å². The summed E-state index contributed by atoms with van der Waals surface area (Å²) < 4.78 is 22.5. The van der Waals surface area contributed by atoms with Crippen LogP contribution in [0.4, 0.5) is 4.79 Å². The van der Waals surface area contributed by atoms with Crippen LogP contribution in [0.15, 0.2) is 42.1 Å². The van der Waals surface area contributed by atoms with Crippen molar-refractivity contribution in [3.63, 3.8) is 0 Å². The second kappa shape index (κ2) is 15.2. The van der Waals surface area contributed by atoms with Crippen LogP contribution in [0.5, 0.6) is 0 Å². The quantitative estimate of drug-likeness (QED) is 0.232. The Kier molecular flexibility index (Phi) is 11.7. The van der Waals surface area contributed by atoms with Crippen molar-refractivity contribution in [3.8, 4) is 0 Å². The van der Waals surface area contributed by atoms with E-state index < -0.39 is 24.2 Å². The van der Waals surface area contributed by atoms with Crippen LogP contribution in [0.2, 0.25) is 0 Å². The van der Waals surface area contributed by atoms with E-state index in [9.17, 15) is 14.4 Å². The normalized spacial score (nSPS) is 24.6. The van der Waals surface area contributed by atoms with E-state index in [2.05, 4.69) is 10.3 Å². The van der Waals surface area contributed by atoms with Crippen LogP contribution in [-0.2, 0) is 40.8 Å². The topological polar surface area (TPSA) is 116 Å². The summed E-state index contributed by atoms with van der Waals surface area (Å²) in [5.41, 5.74) is 2.19. The minimum absolute atomic E-state index is 0. The molecule has 3 saturated heterocycles. The van der Waals surface area contributed by atoms with Gasteiger partial charge in [0.05, 0.1) is 32.5 Å². The van der Waals surface area contributed by atoms with Gasteiger partial charge in [-0.3, -0.25) is 4.79 Å². The summed E-state index contributed by atoms with van der Waals surface area (Å²) in [7, 11) is 1.33. The van der Waals surface area contributed by atoms with Crippen LogP contribution in [0.25, 0.3) is 0 Å². The Morgan fingerprint density at radius 1 is 1.19 bits per heavy atom. The summed E-state index contributed by atoms with van der Waals surface area (Å²) in [4.78, 5) is 44.5. The van der Waals surface area contributed by atoms with Crippen LogP contribution < -0.4 is 5.32 Å². The second-order valence-electron chi connectivity index (χ2n) is 11.9. The molecule has 2 amide bonds. The van der Waals surface area contributed by atoms with Gasteiger partial charge in [0.15, 0.2) is 0 Å². The van der Waals surface area contributed by atoms with Gasteiger partial charge in [-0.05, 0) is 63.0 Å². The molecule has 2 atom stereocenters. The second-order valence-corrected chi connectivity index (χ2v) is 11.9. The number of esters is 1. The fourth-order valence-electron chi connectivity index (χ4n) is 6.26. The number of aromatic nitrogens is 1. The molecule has 4 heterocycles. The molecule has 0 aromatic carbocycles. The number of nitrogens with zero attached hydrogens (tertiary/aromatic N) is 2. The number of hydrogen-bond acceptors (Lipinski definition) is 8. The van der Waals surface area contributed by atoms with E-state index in [1.165, 1.54) is 7.11 Å². The Bertz CT molecular complexity index is 1160. The number of piperidine rings is 1. The molecule has 2 aliphatic carbocycles. The third-order valence-corrected chi connectivity index (χ3v) is 9.07. The number of likely N-dealkylation sites (tertiary alicyclic amines) is 1. The molecule has 4 fully saturated rings. The number of ether oxygens (including phenoxy) is 4. The SMILES string of the molecule is COC(=O)c1ccc(C2CCN(C(=O)[C@@H](NC(=O)OCC3=CC[CH-]C=C3)[C@@H](C)OCC34CCC(CC3)OC4)CC2)cn1.[Mn]. The Labute approximate surface area is 264 Å². The number of amides is 2. The first kappa shape index (κ1) is 33.1. The van der Waals surface area contributed by atoms with Crippen molar-refractivity contribution in [1.29, 1.82) is 0 Å². The van der Waals surface area contributed by atoms with Gasteiger partial charge in [-0.1, -0.05) is 18.1 Å². The summed E-state index contributed by atoms with van der Waals surface area (Å²) in [6.45, 7) is 4.24. The van der Waals surface area contributed by atoms with E-state index >= 15 is 0 Å². The summed E-state index contributed by atoms with van der Waals surface area (Å²) in [5, 5.41) is 2.83. The fraction of sp³-hybridized carbons (Fsp3) is 0.594. The predicted molar refractivity (Wildman–Crippen MR) is 155 cm³/mol. The number of fused-ring (bicyclic) bond motifs is 3. The summed E-state index contributed by atoms with van der Waals surface area (Å²) >= 11 is 0. The van der Waals surface area contributed by atoms with Crippen molar-refractivity contribution in [3.05, 3.63) is 59.8 Å². The molecule has 1 saturated carbocycles. The molecule has 1 N–H and O–H groups in total. The van der Waals surface area contributed by atoms with Crippen molar-refractivity contribution < 1.29 is 50.4 Å². The smallest absolute Gasteiger partial charge is 0.408 e. The molecule has 3 aliphatic heterocycles. The third-order valence-electron chi connectivity index (χ3n) is 9.07. The number of allylic oxidation sites excluding steroid dienone is 2. The van der Waals surface area contributed by atoms with Gasteiger partial charge in [0, 0.05) is 41.8 Å². The molecular weight excluding hydrogens is 593 g/mol. The minimum atomic E-state index is -0.878. The molecule has 11 heteroatoms. The molecule has 1 aromatic rings. The van der Waals surface area contributed by atoms with Gasteiger partial charge in [0.1, 0.15) is 18.3 Å². The average Bonchev–Trinajstić information content (AvgIpc) is 3.06. The van der Waals surface area contributed by atoms with Gasteiger partial charge in [0.2, 0.25) is 5.91 Å². The van der Waals surface area contributed by atoms with E-state index in [1.807, 2.05) is 37.6 Å². The van der Waals surface area contributed by atoms with Crippen molar-refractivity contribution in [2.75, 3.05) is 40.0 Å². The number of carbonyl (C=O) groups excluding carboxylic acids is 3. The third kappa shape index (κ3) is 8.41. The van der Waals surface area contributed by atoms with Crippen LogP contribution in [0, 0.1) is 11.8 Å². The molecule has 2 bridgehead atoms. The van der Waals surface area contributed by atoms with Gasteiger partial charge >= 0.3 is 12.1 Å². The Morgan fingerprint density at radius 3 is 2.56 bits per heavy atom. The number of carbonyl (C=O) groups is 3. The zero-order chi connectivity index (χ0) is 29.5. The Balaban J connectivity index is 0.00000423. The number of rotatable bonds is 10. The largest absolute Gasteiger partial charge is 0.464 e. The molecule has 235 valence electrons. The first-order valence-corrected chi connectivity index (χ1v) is 15.0. The number of hydrogen-bond donors (Lipinski definition) is 1. The number of methoxy groups -OCH3 is 1. The molecule has 1 aromatic heterocycles. The molecule has 6 rings (SSSR count). The number of alkyl carbamates (subject to hydrolysis) is 1. The standard InChI is InChI=1S/C32H42N3O7.Mn/c1-22(41-20-32-14-10-26(11-15-32)42-21-32)28(34-31(38)40-19-23-6-4-3-5-7-23)29(36)35-16-12-24(13-17-35)25-8-9-27(33-18-25)30(37)39-2;/h3-4,6-9,18,22,24,26,28H,5,10-17,19-21H2,1-2H3,(H,34,38);/q-1;/t22-,26?,28+,32?;/m1./s1. The van der Waals surface area contributed by atoms with Crippen LogP contribution in [-0.4, -0.2) is 86.1 Å². The predicted octanol–water partition coefficient (Wildman–Crippen LogP) is 4.12. The monoisotopic (exact) mass is 635 g/mol. The van der Waals surface area contributed by atoms with Gasteiger partial charge in [-0.15, -0.1) is 6.08 Å². The van der Waals surface area contributed by atoms with E-state index in [-0.39, 0.29) is 46.6 Å². The van der Waals surface area contributed by atoms with Crippen molar-refractivity contribution in [1.82, 2.24) is 15.2 Å². The molecule has 0 unspecified atom stereocenters. The van der Waals surface area contributed by atoms with Crippen LogP contribution >= 0.6 is 0 Å². The van der Waals surface area contributed by atoms with Gasteiger partial charge in [-0.25, -0.2) is 33.1 Å². The zero-order valence-corrected chi connectivity index (χ0v) is 26.1. The molecular formula is C32H42MnN3O7-. The average molecular weight is 636 g/mol. The molecule has 10 nitrogen and oxygen atoms in total. The maximum atomic E-state index is 13.8. The van der Waals surface area contributed by atoms with Crippen molar-refractivity contribution in [2.24, 2.45) is 5.41 Å². The number of nitrogens with one attached hydrogen (secondary N) is 1. The van der Waals surface area contributed by atoms with Crippen molar-refractivity contribution in [2.45, 2.75) is 76.0 Å². The van der Waals surface area contributed by atoms with E-state index in [1.54, 1.807) is 17.2 Å². The van der Waals surface area contributed by atoms with Gasteiger partial charge < -0.3 is 29.2 Å². The summed E-state index contributed by atoms with van der Waals surface area (Å²) in [6, 6.07) is 2.69. The number of pyridine rings is 1. The molecule has 5 aliphatic rings. The first-order valence-electron chi connectivity index (χ1n) is 15.0. The summed E-state index contributed by atoms with van der Waals surface area (Å²) in [6.07, 6.45) is 15.3. The van der Waals surface area contributed by atoms with E-state index in [0.717, 1.165) is 56.1 Å². The molecule has 1 radical (unpaired) electrons. The molecule has 43 heavy (non-hydrogen) atoms. The van der Waals surface area contributed by atoms with Crippen LogP contribution in [0.3, 0.4) is 0 Å². The van der Waals surface area contributed by atoms with Gasteiger partial charge in [0.25, 0.3) is 0 Å². The summed E-state index contributed by atoms with van der Waals surface area (Å²) in [5.74, 6) is -0.429. The Morgan fingerprint density at radius 2 is 1.95 bits per heavy atom. The van der Waals surface area contributed by atoms with Crippen molar-refractivity contribution >= 4 is 18.0 Å². The maximum absolute atomic E-state index is 13.8. The first-order chi connectivity index (χ1) is 20.4. The Hall–Kier alpha value is -2.85. The van der Waals surface area contributed by atoms with E-state index in [0.29, 0.717) is 32.4 Å². The fourth-order valence-corrected chi connectivity index (χ4v) is 6.26. The minimum Gasteiger partial charge on any atom is -0.464 e. The van der Waals surface area contributed by atoms with E-state index in [4.69, 9.17) is 18.9 Å². The maximum Gasteiger partial charge on any atom is 0.408 e. The zero-order valence-electron chi connectivity index (χ0n) is 25.0. The molecule has 0 spiro atoms.